The summed E-state index contributed by atoms with van der Waals surface area (Å²) in [6.07, 6.45) is 3.90. The zero-order valence-electron chi connectivity index (χ0n) is 7.65. The molecule has 1 rings (SSSR count). The molecular formula is C9H17NO3. The van der Waals surface area contributed by atoms with E-state index in [0.29, 0.717) is 6.42 Å². The number of hydrogen-bond donors (Lipinski definition) is 3. The van der Waals surface area contributed by atoms with E-state index in [0.717, 1.165) is 25.7 Å². The van der Waals surface area contributed by atoms with Crippen LogP contribution in [0.1, 0.15) is 32.1 Å². The molecule has 76 valence electrons. The van der Waals surface area contributed by atoms with E-state index in [1.807, 2.05) is 0 Å². The van der Waals surface area contributed by atoms with Gasteiger partial charge in [0.1, 0.15) is 6.04 Å². The lowest BCUT2D eigenvalue weighted by Gasteiger charge is -2.23. The lowest BCUT2D eigenvalue weighted by atomic mass is 9.90. The van der Waals surface area contributed by atoms with Crippen LogP contribution in [0, 0.1) is 5.92 Å². The molecule has 0 radical (unpaired) electrons. The van der Waals surface area contributed by atoms with Crippen molar-refractivity contribution in [2.24, 2.45) is 11.7 Å². The van der Waals surface area contributed by atoms with Crippen molar-refractivity contribution in [2.75, 3.05) is 0 Å². The highest BCUT2D eigenvalue weighted by Gasteiger charge is 2.31. The third-order valence-corrected chi connectivity index (χ3v) is 2.78. The van der Waals surface area contributed by atoms with Gasteiger partial charge in [-0.3, -0.25) is 4.79 Å². The van der Waals surface area contributed by atoms with Crippen LogP contribution in [0.2, 0.25) is 0 Å². The predicted molar refractivity (Wildman–Crippen MR) is 48.2 cm³/mol. The van der Waals surface area contributed by atoms with E-state index < -0.39 is 18.1 Å². The Morgan fingerprint density at radius 3 is 2.54 bits per heavy atom. The minimum absolute atomic E-state index is 0.264. The summed E-state index contributed by atoms with van der Waals surface area (Å²) in [4.78, 5) is 10.6. The number of carboxylic acids is 1. The summed E-state index contributed by atoms with van der Waals surface area (Å²) in [5, 5.41) is 18.3. The largest absolute Gasteiger partial charge is 0.480 e. The Hall–Kier alpha value is -0.610. The van der Waals surface area contributed by atoms with Gasteiger partial charge < -0.3 is 15.9 Å². The van der Waals surface area contributed by atoms with E-state index in [4.69, 9.17) is 10.8 Å². The summed E-state index contributed by atoms with van der Waals surface area (Å²) in [7, 11) is 0. The molecule has 0 aliphatic heterocycles. The number of nitrogens with two attached hydrogens (primary N) is 1. The van der Waals surface area contributed by atoms with Gasteiger partial charge in [0.25, 0.3) is 0 Å². The maximum atomic E-state index is 10.6. The molecule has 0 aromatic rings. The molecule has 3 atom stereocenters. The first-order chi connectivity index (χ1) is 6.13. The normalized spacial score (nSPS) is 32.2. The Bertz CT molecular complexity index is 184. The Morgan fingerprint density at radius 1 is 1.31 bits per heavy atom. The van der Waals surface area contributed by atoms with Crippen molar-refractivity contribution in [3.63, 3.8) is 0 Å². The molecular weight excluding hydrogens is 170 g/mol. The third-order valence-electron chi connectivity index (χ3n) is 2.78. The summed E-state index contributed by atoms with van der Waals surface area (Å²) in [5.41, 5.74) is 5.49. The molecule has 0 aromatic carbocycles. The highest BCUT2D eigenvalue weighted by molar-refractivity contribution is 5.73. The Labute approximate surface area is 77.7 Å². The van der Waals surface area contributed by atoms with E-state index in [-0.39, 0.29) is 5.92 Å². The van der Waals surface area contributed by atoms with Crippen LogP contribution in [0.25, 0.3) is 0 Å². The quantitative estimate of drug-likeness (QED) is 0.544. The number of hydrogen-bond acceptors (Lipinski definition) is 3. The first kappa shape index (κ1) is 10.5. The average molecular weight is 187 g/mol. The molecule has 0 heterocycles. The van der Waals surface area contributed by atoms with Gasteiger partial charge in [-0.25, -0.2) is 0 Å². The molecule has 1 aliphatic rings. The second kappa shape index (κ2) is 4.58. The van der Waals surface area contributed by atoms with E-state index in [1.54, 1.807) is 0 Å². The van der Waals surface area contributed by atoms with E-state index in [9.17, 15) is 9.90 Å². The lowest BCUT2D eigenvalue weighted by Crippen LogP contribution is -2.43. The van der Waals surface area contributed by atoms with Crippen LogP contribution >= 0.6 is 0 Å². The van der Waals surface area contributed by atoms with Gasteiger partial charge in [0, 0.05) is 5.92 Å². The smallest absolute Gasteiger partial charge is 0.320 e. The first-order valence-corrected chi connectivity index (χ1v) is 4.79. The number of rotatable bonds is 2. The maximum Gasteiger partial charge on any atom is 0.320 e. The summed E-state index contributed by atoms with van der Waals surface area (Å²) in [5.74, 6) is -1.27. The van der Waals surface area contributed by atoms with Crippen molar-refractivity contribution in [2.45, 2.75) is 44.2 Å². The Kier molecular flexibility index (Phi) is 3.69. The maximum absolute atomic E-state index is 10.6. The van der Waals surface area contributed by atoms with E-state index in [1.165, 1.54) is 0 Å². The zero-order valence-corrected chi connectivity index (χ0v) is 7.65. The minimum Gasteiger partial charge on any atom is -0.480 e. The fourth-order valence-electron chi connectivity index (χ4n) is 1.92. The molecule has 0 spiro atoms. The number of carbonyl (C=O) groups is 1. The number of aliphatic hydroxyl groups excluding tert-OH is 1. The number of aliphatic carboxylic acids is 1. The number of carboxylic acid groups (broad SMARTS) is 1. The molecule has 0 unspecified atom stereocenters. The van der Waals surface area contributed by atoms with Crippen molar-refractivity contribution in [3.05, 3.63) is 0 Å². The van der Waals surface area contributed by atoms with Gasteiger partial charge in [-0.15, -0.1) is 0 Å². The fourth-order valence-corrected chi connectivity index (χ4v) is 1.92. The van der Waals surface area contributed by atoms with Crippen LogP contribution in [0.15, 0.2) is 0 Å². The third kappa shape index (κ3) is 2.67. The lowest BCUT2D eigenvalue weighted by molar-refractivity contribution is -0.141. The van der Waals surface area contributed by atoms with Crippen molar-refractivity contribution in [3.8, 4) is 0 Å². The highest BCUT2D eigenvalue weighted by Crippen LogP contribution is 2.25. The van der Waals surface area contributed by atoms with E-state index >= 15 is 0 Å². The molecule has 0 bridgehead atoms. The molecule has 4 nitrogen and oxygen atoms in total. The van der Waals surface area contributed by atoms with Gasteiger partial charge >= 0.3 is 5.97 Å². The summed E-state index contributed by atoms with van der Waals surface area (Å²) in [6.45, 7) is 0. The van der Waals surface area contributed by atoms with Crippen molar-refractivity contribution in [1.82, 2.24) is 0 Å². The van der Waals surface area contributed by atoms with Gasteiger partial charge in [-0.05, 0) is 12.8 Å². The molecule has 1 saturated carbocycles. The van der Waals surface area contributed by atoms with Crippen LogP contribution in [0.5, 0.6) is 0 Å². The average Bonchev–Trinajstić information content (AvgIpc) is 2.28. The molecule has 4 heteroatoms. The summed E-state index contributed by atoms with van der Waals surface area (Å²) >= 11 is 0. The van der Waals surface area contributed by atoms with Crippen molar-refractivity contribution in [1.29, 1.82) is 0 Å². The second-order valence-electron chi connectivity index (χ2n) is 3.73. The SMILES string of the molecule is N[C@H](C(=O)O)[C@@H]1CCCCC[C@@H]1O. The minimum atomic E-state index is -1.01. The topological polar surface area (TPSA) is 83.6 Å². The van der Waals surface area contributed by atoms with Gasteiger partial charge in [0.15, 0.2) is 0 Å². The molecule has 1 fully saturated rings. The molecule has 13 heavy (non-hydrogen) atoms. The standard InChI is InChI=1S/C9H17NO3/c10-8(9(12)13)6-4-2-1-3-5-7(6)11/h6-8,11H,1-5,10H2,(H,12,13)/t6-,7+,8+/m1/s1. The molecule has 0 aromatic heterocycles. The monoisotopic (exact) mass is 187 g/mol. The zero-order chi connectivity index (χ0) is 9.84. The van der Waals surface area contributed by atoms with Gasteiger partial charge in [0.05, 0.1) is 6.10 Å². The Balaban J connectivity index is 2.58. The highest BCUT2D eigenvalue weighted by atomic mass is 16.4. The Morgan fingerprint density at radius 2 is 1.92 bits per heavy atom. The fraction of sp³-hybridized carbons (Fsp3) is 0.889. The second-order valence-corrected chi connectivity index (χ2v) is 3.73. The van der Waals surface area contributed by atoms with Gasteiger partial charge in [-0.2, -0.15) is 0 Å². The molecule has 1 aliphatic carbocycles. The number of aliphatic hydroxyl groups is 1. The van der Waals surface area contributed by atoms with Crippen molar-refractivity contribution < 1.29 is 15.0 Å². The molecule has 0 amide bonds. The van der Waals surface area contributed by atoms with Crippen LogP contribution in [-0.2, 0) is 4.79 Å². The summed E-state index contributed by atoms with van der Waals surface area (Å²) in [6, 6.07) is -0.909. The van der Waals surface area contributed by atoms with Crippen molar-refractivity contribution >= 4 is 5.97 Å². The van der Waals surface area contributed by atoms with Crippen LogP contribution in [0.4, 0.5) is 0 Å². The predicted octanol–water partition coefficient (Wildman–Crippen LogP) is 0.339. The van der Waals surface area contributed by atoms with Gasteiger partial charge in [-0.1, -0.05) is 19.3 Å². The van der Waals surface area contributed by atoms with E-state index in [2.05, 4.69) is 0 Å². The van der Waals surface area contributed by atoms with Crippen LogP contribution < -0.4 is 5.73 Å². The van der Waals surface area contributed by atoms with Gasteiger partial charge in [0.2, 0.25) is 0 Å². The van der Waals surface area contributed by atoms with Crippen LogP contribution in [0.3, 0.4) is 0 Å². The molecule has 0 saturated heterocycles. The molecule has 4 N–H and O–H groups in total. The summed E-state index contributed by atoms with van der Waals surface area (Å²) < 4.78 is 0. The van der Waals surface area contributed by atoms with Crippen LogP contribution in [-0.4, -0.2) is 28.3 Å². The first-order valence-electron chi connectivity index (χ1n) is 4.79.